The number of benzene rings is 2. The Bertz CT molecular complexity index is 833. The minimum Gasteiger partial charge on any atom is -0.348 e. The van der Waals surface area contributed by atoms with Crippen LogP contribution < -0.4 is 10.6 Å². The second kappa shape index (κ2) is 7.91. The molecule has 0 spiro atoms. The van der Waals surface area contributed by atoms with Gasteiger partial charge in [0.15, 0.2) is 0 Å². The molecule has 6 heteroatoms. The summed E-state index contributed by atoms with van der Waals surface area (Å²) >= 11 is 1.66. The normalized spacial score (nSPS) is 15.9. The Kier molecular flexibility index (Phi) is 5.61. The van der Waals surface area contributed by atoms with Gasteiger partial charge in [-0.25, -0.2) is 4.39 Å². The number of hydrogen-bond donors (Lipinski definition) is 2. The number of nitrogens with one attached hydrogen (secondary N) is 2. The highest BCUT2D eigenvalue weighted by atomic mass is 32.2. The Morgan fingerprint density at radius 1 is 1.15 bits per heavy atom. The number of amides is 2. The molecule has 2 aromatic carbocycles. The zero-order valence-corrected chi connectivity index (χ0v) is 15.6. The van der Waals surface area contributed by atoms with Crippen LogP contribution in [0.15, 0.2) is 41.3 Å². The second-order valence-electron chi connectivity index (χ2n) is 6.50. The SMILES string of the molecule is Cc1cc(C)cc(C(=O)NCC(=O)NC2CCSc3ccc(F)cc32)c1. The Hall–Kier alpha value is -2.34. The maximum absolute atomic E-state index is 13.5. The largest absolute Gasteiger partial charge is 0.348 e. The Balaban J connectivity index is 1.60. The van der Waals surface area contributed by atoms with Crippen molar-refractivity contribution in [1.82, 2.24) is 10.6 Å². The fourth-order valence-electron chi connectivity index (χ4n) is 3.13. The van der Waals surface area contributed by atoms with Gasteiger partial charge in [0.1, 0.15) is 5.82 Å². The highest BCUT2D eigenvalue weighted by Crippen LogP contribution is 2.36. The summed E-state index contributed by atoms with van der Waals surface area (Å²) in [6.07, 6.45) is 0.734. The molecule has 3 rings (SSSR count). The van der Waals surface area contributed by atoms with E-state index < -0.39 is 0 Å². The molecule has 26 heavy (non-hydrogen) atoms. The van der Waals surface area contributed by atoms with Gasteiger partial charge in [0.2, 0.25) is 5.91 Å². The molecule has 0 radical (unpaired) electrons. The Morgan fingerprint density at radius 2 is 1.88 bits per heavy atom. The van der Waals surface area contributed by atoms with Crippen LogP contribution in [0.4, 0.5) is 4.39 Å². The van der Waals surface area contributed by atoms with Crippen LogP contribution >= 0.6 is 11.8 Å². The molecule has 0 aromatic heterocycles. The fraction of sp³-hybridized carbons (Fsp3) is 0.300. The summed E-state index contributed by atoms with van der Waals surface area (Å²) in [6.45, 7) is 3.74. The van der Waals surface area contributed by atoms with E-state index in [0.717, 1.165) is 33.8 Å². The van der Waals surface area contributed by atoms with Gasteiger partial charge in [0.05, 0.1) is 12.6 Å². The number of rotatable bonds is 4. The third-order valence-corrected chi connectivity index (χ3v) is 5.36. The van der Waals surface area contributed by atoms with Crippen molar-refractivity contribution < 1.29 is 14.0 Å². The van der Waals surface area contributed by atoms with Crippen LogP contribution in [0, 0.1) is 19.7 Å². The van der Waals surface area contributed by atoms with E-state index in [9.17, 15) is 14.0 Å². The summed E-state index contributed by atoms with van der Waals surface area (Å²) in [4.78, 5) is 25.5. The van der Waals surface area contributed by atoms with E-state index in [1.54, 1.807) is 30.0 Å². The second-order valence-corrected chi connectivity index (χ2v) is 7.64. The average molecular weight is 372 g/mol. The molecule has 136 valence electrons. The third-order valence-electron chi connectivity index (χ3n) is 4.24. The van der Waals surface area contributed by atoms with Crippen LogP contribution in [-0.2, 0) is 4.79 Å². The van der Waals surface area contributed by atoms with E-state index in [2.05, 4.69) is 10.6 Å². The molecule has 2 N–H and O–H groups in total. The predicted octanol–water partition coefficient (Wildman–Crippen LogP) is 3.53. The van der Waals surface area contributed by atoms with Gasteiger partial charge < -0.3 is 10.6 Å². The number of halogens is 1. The van der Waals surface area contributed by atoms with E-state index in [1.807, 2.05) is 19.9 Å². The zero-order valence-electron chi connectivity index (χ0n) is 14.8. The number of thioether (sulfide) groups is 1. The smallest absolute Gasteiger partial charge is 0.251 e. The van der Waals surface area contributed by atoms with Crippen molar-refractivity contribution in [2.24, 2.45) is 0 Å². The van der Waals surface area contributed by atoms with E-state index >= 15 is 0 Å². The summed E-state index contributed by atoms with van der Waals surface area (Å²) < 4.78 is 13.5. The maximum atomic E-state index is 13.5. The maximum Gasteiger partial charge on any atom is 0.251 e. The first-order valence-corrected chi connectivity index (χ1v) is 9.49. The highest BCUT2D eigenvalue weighted by molar-refractivity contribution is 7.99. The molecular weight excluding hydrogens is 351 g/mol. The molecule has 2 aromatic rings. The van der Waals surface area contributed by atoms with E-state index in [0.29, 0.717) is 5.56 Å². The third kappa shape index (κ3) is 4.43. The summed E-state index contributed by atoms with van der Waals surface area (Å²) in [5.74, 6) is -0.0144. The molecule has 0 fully saturated rings. The van der Waals surface area contributed by atoms with Crippen molar-refractivity contribution in [1.29, 1.82) is 0 Å². The molecule has 2 amide bonds. The van der Waals surface area contributed by atoms with E-state index in [4.69, 9.17) is 0 Å². The molecule has 1 heterocycles. The van der Waals surface area contributed by atoms with Crippen LogP contribution in [0.5, 0.6) is 0 Å². The lowest BCUT2D eigenvalue weighted by atomic mass is 10.0. The molecule has 0 bridgehead atoms. The van der Waals surface area contributed by atoms with Gasteiger partial charge in [-0.2, -0.15) is 0 Å². The van der Waals surface area contributed by atoms with Crippen molar-refractivity contribution in [3.05, 3.63) is 64.5 Å². The van der Waals surface area contributed by atoms with Crippen LogP contribution in [0.2, 0.25) is 0 Å². The van der Waals surface area contributed by atoms with Crippen molar-refractivity contribution in [2.75, 3.05) is 12.3 Å². The predicted molar refractivity (Wildman–Crippen MR) is 101 cm³/mol. The number of aryl methyl sites for hydroxylation is 2. The van der Waals surface area contributed by atoms with Crippen LogP contribution in [-0.4, -0.2) is 24.1 Å². The van der Waals surface area contributed by atoms with Crippen LogP contribution in [0.3, 0.4) is 0 Å². The van der Waals surface area contributed by atoms with Gasteiger partial charge in [0, 0.05) is 16.2 Å². The Morgan fingerprint density at radius 3 is 2.62 bits per heavy atom. The molecule has 1 atom stereocenters. The fourth-order valence-corrected chi connectivity index (χ4v) is 4.23. The number of fused-ring (bicyclic) bond motifs is 1. The lowest BCUT2D eigenvalue weighted by Gasteiger charge is -2.26. The van der Waals surface area contributed by atoms with E-state index in [-0.39, 0.29) is 30.2 Å². The van der Waals surface area contributed by atoms with Gasteiger partial charge in [-0.3, -0.25) is 9.59 Å². The van der Waals surface area contributed by atoms with E-state index in [1.165, 1.54) is 12.1 Å². The minimum absolute atomic E-state index is 0.111. The van der Waals surface area contributed by atoms with Crippen molar-refractivity contribution in [2.45, 2.75) is 31.2 Å². The highest BCUT2D eigenvalue weighted by Gasteiger charge is 2.23. The van der Waals surface area contributed by atoms with Crippen LogP contribution in [0.25, 0.3) is 0 Å². The molecule has 0 aliphatic carbocycles. The summed E-state index contributed by atoms with van der Waals surface area (Å²) in [6, 6.07) is 9.99. The molecule has 1 aliphatic heterocycles. The topological polar surface area (TPSA) is 58.2 Å². The minimum atomic E-state index is -0.311. The first kappa shape index (κ1) is 18.5. The first-order chi connectivity index (χ1) is 12.4. The summed E-state index contributed by atoms with van der Waals surface area (Å²) in [5, 5.41) is 5.55. The van der Waals surface area contributed by atoms with Gasteiger partial charge >= 0.3 is 0 Å². The lowest BCUT2D eigenvalue weighted by Crippen LogP contribution is -2.39. The van der Waals surface area contributed by atoms with Gasteiger partial charge in [-0.15, -0.1) is 11.8 Å². The number of carbonyl (C=O) groups excluding carboxylic acids is 2. The molecular formula is C20H21FN2O2S. The molecule has 1 unspecified atom stereocenters. The number of hydrogen-bond acceptors (Lipinski definition) is 3. The van der Waals surface area contributed by atoms with Gasteiger partial charge in [-0.1, -0.05) is 17.2 Å². The Labute approximate surface area is 156 Å². The molecule has 1 aliphatic rings. The summed E-state index contributed by atoms with van der Waals surface area (Å²) in [7, 11) is 0. The van der Waals surface area contributed by atoms with Crippen molar-refractivity contribution >= 4 is 23.6 Å². The average Bonchev–Trinajstić information content (AvgIpc) is 2.59. The van der Waals surface area contributed by atoms with Gasteiger partial charge in [-0.05, 0) is 56.2 Å². The van der Waals surface area contributed by atoms with Crippen LogP contribution in [0.1, 0.15) is 39.5 Å². The zero-order chi connectivity index (χ0) is 18.7. The van der Waals surface area contributed by atoms with Crippen molar-refractivity contribution in [3.8, 4) is 0 Å². The summed E-state index contributed by atoms with van der Waals surface area (Å²) in [5.41, 5.74) is 3.34. The first-order valence-electron chi connectivity index (χ1n) is 8.50. The van der Waals surface area contributed by atoms with Gasteiger partial charge in [0.25, 0.3) is 5.91 Å². The quantitative estimate of drug-likeness (QED) is 0.863. The molecule has 0 saturated heterocycles. The monoisotopic (exact) mass is 372 g/mol. The number of carbonyl (C=O) groups is 2. The van der Waals surface area contributed by atoms with Crippen molar-refractivity contribution in [3.63, 3.8) is 0 Å². The molecule has 4 nitrogen and oxygen atoms in total. The molecule has 0 saturated carbocycles. The standard InChI is InChI=1S/C20H21FN2O2S/c1-12-7-13(2)9-14(8-12)20(25)22-11-19(24)23-17-5-6-26-18-4-3-15(21)10-16(17)18/h3-4,7-10,17H,5-6,11H2,1-2H3,(H,22,25)(H,23,24). The lowest BCUT2D eigenvalue weighted by molar-refractivity contribution is -0.120.